The van der Waals surface area contributed by atoms with E-state index in [1.165, 1.54) is 6.07 Å². The van der Waals surface area contributed by atoms with Crippen molar-refractivity contribution in [3.05, 3.63) is 29.6 Å². The first-order chi connectivity index (χ1) is 8.76. The third-order valence-corrected chi connectivity index (χ3v) is 3.38. The van der Waals surface area contributed by atoms with Crippen LogP contribution in [-0.2, 0) is 4.79 Å². The number of carbonyl (C=O) groups is 1. The van der Waals surface area contributed by atoms with Gasteiger partial charge in [-0.1, -0.05) is 13.0 Å². The first-order valence-electron chi connectivity index (χ1n) is 6.60. The Kier molecular flexibility index (Phi) is 4.92. The summed E-state index contributed by atoms with van der Waals surface area (Å²) >= 11 is 0. The normalized spacial score (nSPS) is 12.9. The minimum atomic E-state index is -0.411. The van der Waals surface area contributed by atoms with Crippen LogP contribution in [0.4, 0.5) is 10.1 Å². The van der Waals surface area contributed by atoms with Crippen LogP contribution >= 0.6 is 0 Å². The molecule has 1 rings (SSSR count). The molecule has 0 radical (unpaired) electrons. The first-order valence-corrected chi connectivity index (χ1v) is 6.60. The van der Waals surface area contributed by atoms with Crippen molar-refractivity contribution in [3.8, 4) is 0 Å². The highest BCUT2D eigenvalue weighted by Gasteiger charge is 2.22. The molecule has 2 N–H and O–H groups in total. The summed E-state index contributed by atoms with van der Waals surface area (Å²) in [6, 6.07) is 4.40. The number of hydrogen-bond acceptors (Lipinski definition) is 2. The second kappa shape index (κ2) is 6.04. The lowest BCUT2D eigenvalue weighted by Gasteiger charge is -2.27. The monoisotopic (exact) mass is 266 g/mol. The van der Waals surface area contributed by atoms with Gasteiger partial charge in [0, 0.05) is 16.8 Å². The Hall–Kier alpha value is -1.58. The zero-order valence-corrected chi connectivity index (χ0v) is 12.3. The molecule has 0 saturated carbocycles. The molecule has 0 saturated heterocycles. The summed E-state index contributed by atoms with van der Waals surface area (Å²) in [6.07, 6.45) is 0.852. The van der Waals surface area contributed by atoms with E-state index in [1.54, 1.807) is 26.0 Å². The van der Waals surface area contributed by atoms with E-state index in [9.17, 15) is 9.18 Å². The fraction of sp³-hybridized carbons (Fsp3) is 0.533. The highest BCUT2D eigenvalue weighted by atomic mass is 19.1. The van der Waals surface area contributed by atoms with Crippen LogP contribution in [0.25, 0.3) is 0 Å². The molecule has 19 heavy (non-hydrogen) atoms. The van der Waals surface area contributed by atoms with Crippen LogP contribution in [0.2, 0.25) is 0 Å². The van der Waals surface area contributed by atoms with Gasteiger partial charge in [0.2, 0.25) is 5.91 Å². The van der Waals surface area contributed by atoms with Gasteiger partial charge in [0.05, 0.1) is 0 Å². The van der Waals surface area contributed by atoms with E-state index in [1.807, 2.05) is 20.8 Å². The van der Waals surface area contributed by atoms with Crippen LogP contribution in [-0.4, -0.2) is 17.5 Å². The van der Waals surface area contributed by atoms with E-state index in [4.69, 9.17) is 0 Å². The van der Waals surface area contributed by atoms with Crippen molar-refractivity contribution in [1.82, 2.24) is 5.32 Å². The van der Waals surface area contributed by atoms with Crippen molar-refractivity contribution in [2.75, 3.05) is 5.32 Å². The molecule has 1 atom stereocenters. The van der Waals surface area contributed by atoms with Crippen LogP contribution in [0.3, 0.4) is 0 Å². The molecule has 0 aliphatic carbocycles. The first kappa shape index (κ1) is 15.5. The zero-order chi connectivity index (χ0) is 14.6. The maximum Gasteiger partial charge on any atom is 0.242 e. The number of nitrogens with one attached hydrogen (secondary N) is 2. The molecule has 4 heteroatoms. The molecule has 3 nitrogen and oxygen atoms in total. The number of amides is 1. The van der Waals surface area contributed by atoms with Crippen molar-refractivity contribution < 1.29 is 9.18 Å². The van der Waals surface area contributed by atoms with E-state index in [-0.39, 0.29) is 17.3 Å². The fourth-order valence-corrected chi connectivity index (χ4v) is 1.59. The summed E-state index contributed by atoms with van der Waals surface area (Å²) in [5.41, 5.74) is 0.943. The van der Waals surface area contributed by atoms with E-state index in [0.29, 0.717) is 11.3 Å². The second-order valence-corrected chi connectivity index (χ2v) is 5.51. The molecular weight excluding hydrogens is 243 g/mol. The van der Waals surface area contributed by atoms with Crippen LogP contribution in [0, 0.1) is 12.7 Å². The number of carbonyl (C=O) groups excluding carboxylic acids is 1. The van der Waals surface area contributed by atoms with Crippen molar-refractivity contribution in [3.63, 3.8) is 0 Å². The highest BCUT2D eigenvalue weighted by molar-refractivity contribution is 5.85. The predicted molar refractivity (Wildman–Crippen MR) is 76.7 cm³/mol. The van der Waals surface area contributed by atoms with Gasteiger partial charge < -0.3 is 10.6 Å². The van der Waals surface area contributed by atoms with Crippen molar-refractivity contribution >= 4 is 11.6 Å². The molecule has 1 aromatic rings. The van der Waals surface area contributed by atoms with Crippen LogP contribution in [0.15, 0.2) is 18.2 Å². The van der Waals surface area contributed by atoms with Gasteiger partial charge in [-0.3, -0.25) is 4.79 Å². The summed E-state index contributed by atoms with van der Waals surface area (Å²) in [7, 11) is 0. The maximum atomic E-state index is 13.4. The Morgan fingerprint density at radius 2 is 2.05 bits per heavy atom. The Morgan fingerprint density at radius 1 is 1.42 bits per heavy atom. The molecular formula is C15H23FN2O. The number of anilines is 1. The van der Waals surface area contributed by atoms with Gasteiger partial charge >= 0.3 is 0 Å². The molecule has 0 heterocycles. The molecule has 0 aliphatic heterocycles. The van der Waals surface area contributed by atoms with Crippen LogP contribution in [0.5, 0.6) is 0 Å². The quantitative estimate of drug-likeness (QED) is 0.859. The van der Waals surface area contributed by atoms with Crippen molar-refractivity contribution in [2.24, 2.45) is 0 Å². The van der Waals surface area contributed by atoms with E-state index in [2.05, 4.69) is 10.6 Å². The molecule has 0 fully saturated rings. The van der Waals surface area contributed by atoms with Gasteiger partial charge in [-0.2, -0.15) is 0 Å². The summed E-state index contributed by atoms with van der Waals surface area (Å²) in [5.74, 6) is -0.359. The number of hydrogen-bond donors (Lipinski definition) is 2. The molecule has 0 aromatic heterocycles. The molecule has 1 amide bonds. The van der Waals surface area contributed by atoms with Gasteiger partial charge in [0.25, 0.3) is 0 Å². The van der Waals surface area contributed by atoms with E-state index in [0.717, 1.165) is 6.42 Å². The largest absolute Gasteiger partial charge is 0.374 e. The highest BCUT2D eigenvalue weighted by Crippen LogP contribution is 2.18. The topological polar surface area (TPSA) is 41.1 Å². The standard InChI is InChI=1S/C15H23FN2O/c1-6-15(4,5)18-14(19)11(3)17-13-9-7-8-12(16)10(13)2/h7-9,11,17H,6H2,1-5H3,(H,18,19). The number of halogens is 1. The molecule has 1 unspecified atom stereocenters. The summed E-state index contributed by atoms with van der Waals surface area (Å²) in [5, 5.41) is 6.01. The lowest BCUT2D eigenvalue weighted by molar-refractivity contribution is -0.123. The maximum absolute atomic E-state index is 13.4. The fourth-order valence-electron chi connectivity index (χ4n) is 1.59. The summed E-state index contributed by atoms with van der Waals surface area (Å²) < 4.78 is 13.4. The lowest BCUT2D eigenvalue weighted by Crippen LogP contribution is -2.48. The minimum absolute atomic E-state index is 0.0875. The third-order valence-electron chi connectivity index (χ3n) is 3.38. The molecule has 0 bridgehead atoms. The Morgan fingerprint density at radius 3 is 2.63 bits per heavy atom. The minimum Gasteiger partial charge on any atom is -0.374 e. The third kappa shape index (κ3) is 4.23. The molecule has 0 spiro atoms. The zero-order valence-electron chi connectivity index (χ0n) is 12.3. The van der Waals surface area contributed by atoms with Gasteiger partial charge in [0.15, 0.2) is 0 Å². The van der Waals surface area contributed by atoms with Gasteiger partial charge in [-0.15, -0.1) is 0 Å². The SMILES string of the molecule is CCC(C)(C)NC(=O)C(C)Nc1cccc(F)c1C. The average molecular weight is 266 g/mol. The Labute approximate surface area is 114 Å². The van der Waals surface area contributed by atoms with Crippen molar-refractivity contribution in [1.29, 1.82) is 0 Å². The van der Waals surface area contributed by atoms with Crippen LogP contribution < -0.4 is 10.6 Å². The predicted octanol–water partition coefficient (Wildman–Crippen LogP) is 3.24. The molecule has 1 aromatic carbocycles. The van der Waals surface area contributed by atoms with E-state index >= 15 is 0 Å². The van der Waals surface area contributed by atoms with Crippen molar-refractivity contribution in [2.45, 2.75) is 52.6 Å². The summed E-state index contributed by atoms with van der Waals surface area (Å²) in [6.45, 7) is 9.44. The Bertz CT molecular complexity index is 457. The smallest absolute Gasteiger partial charge is 0.242 e. The average Bonchev–Trinajstić information content (AvgIpc) is 2.34. The van der Waals surface area contributed by atoms with Gasteiger partial charge in [0.1, 0.15) is 11.9 Å². The Balaban J connectivity index is 2.72. The molecule has 106 valence electrons. The number of rotatable bonds is 5. The van der Waals surface area contributed by atoms with Gasteiger partial charge in [-0.25, -0.2) is 4.39 Å². The van der Waals surface area contributed by atoms with Gasteiger partial charge in [-0.05, 0) is 46.2 Å². The second-order valence-electron chi connectivity index (χ2n) is 5.51. The van der Waals surface area contributed by atoms with E-state index < -0.39 is 6.04 Å². The summed E-state index contributed by atoms with van der Waals surface area (Å²) in [4.78, 5) is 12.1. The van der Waals surface area contributed by atoms with Crippen LogP contribution in [0.1, 0.15) is 39.7 Å². The lowest BCUT2D eigenvalue weighted by atomic mass is 10.0. The number of benzene rings is 1. The molecule has 0 aliphatic rings.